The van der Waals surface area contributed by atoms with Crippen molar-refractivity contribution in [3.63, 3.8) is 0 Å². The Morgan fingerprint density at radius 1 is 1.03 bits per heavy atom. The topological polar surface area (TPSA) is 100 Å². The molecule has 3 atom stereocenters. The van der Waals surface area contributed by atoms with E-state index >= 15 is 0 Å². The van der Waals surface area contributed by atoms with Crippen LogP contribution in [0.1, 0.15) is 31.6 Å². The summed E-state index contributed by atoms with van der Waals surface area (Å²) in [5, 5.41) is 30.8. The largest absolute Gasteiger partial charge is 0.507 e. The summed E-state index contributed by atoms with van der Waals surface area (Å²) < 4.78 is 5.42. The second-order valence-corrected chi connectivity index (χ2v) is 8.01. The molecule has 2 aliphatic rings. The lowest BCUT2D eigenvalue weighted by molar-refractivity contribution is 0.353. The quantitative estimate of drug-likeness (QED) is 0.699. The maximum absolute atomic E-state index is 10.5. The molecule has 1 aromatic carbocycles. The van der Waals surface area contributed by atoms with E-state index < -0.39 is 0 Å². The maximum atomic E-state index is 10.5. The first-order valence-corrected chi connectivity index (χ1v) is 10.0. The molecule has 0 radical (unpaired) electrons. The van der Waals surface area contributed by atoms with Crippen LogP contribution in [0, 0.1) is 6.92 Å². The van der Waals surface area contributed by atoms with Crippen molar-refractivity contribution in [2.45, 2.75) is 50.7 Å². The lowest BCUT2D eigenvalue weighted by Crippen LogP contribution is -2.47. The molecule has 2 unspecified atom stereocenters. The van der Waals surface area contributed by atoms with Crippen LogP contribution < -0.4 is 10.2 Å². The number of phenols is 1. The van der Waals surface area contributed by atoms with Gasteiger partial charge in [-0.15, -0.1) is 20.4 Å². The summed E-state index contributed by atoms with van der Waals surface area (Å²) in [5.41, 5.74) is 1.90. The Balaban J connectivity index is 1.34. The Kier molecular flexibility index (Phi) is 4.43. The van der Waals surface area contributed by atoms with Gasteiger partial charge in [0.25, 0.3) is 0 Å². The van der Waals surface area contributed by atoms with Gasteiger partial charge in [-0.05, 0) is 56.0 Å². The van der Waals surface area contributed by atoms with E-state index in [-0.39, 0.29) is 5.75 Å². The normalized spacial score (nSPS) is 23.3. The Morgan fingerprint density at radius 2 is 1.83 bits per heavy atom. The smallest absolute Gasteiger partial charge is 0.247 e. The van der Waals surface area contributed by atoms with Gasteiger partial charge in [0, 0.05) is 43.2 Å². The van der Waals surface area contributed by atoms with Crippen molar-refractivity contribution in [1.82, 2.24) is 25.7 Å². The van der Waals surface area contributed by atoms with Gasteiger partial charge >= 0.3 is 0 Å². The first kappa shape index (κ1) is 18.1. The van der Waals surface area contributed by atoms with Crippen LogP contribution in [0.25, 0.3) is 22.7 Å². The summed E-state index contributed by atoms with van der Waals surface area (Å²) in [4.78, 5) is 2.24. The van der Waals surface area contributed by atoms with Gasteiger partial charge in [0.2, 0.25) is 11.8 Å². The van der Waals surface area contributed by atoms with E-state index in [4.69, 9.17) is 4.42 Å². The molecule has 5 rings (SSSR count). The van der Waals surface area contributed by atoms with Crippen molar-refractivity contribution in [2.75, 3.05) is 11.9 Å². The van der Waals surface area contributed by atoms with Crippen LogP contribution in [0.2, 0.25) is 0 Å². The van der Waals surface area contributed by atoms with Crippen LogP contribution in [0.3, 0.4) is 0 Å². The molecule has 2 N–H and O–H groups in total. The SMILES string of the molecule is Cc1nnc(-c2ccc(-c3ccc(N(C)C4CC5CC[C@@H](C4)N5)nn3)c(O)c2)o1. The Labute approximate surface area is 169 Å². The average Bonchev–Trinajstić information content (AvgIpc) is 3.32. The minimum Gasteiger partial charge on any atom is -0.507 e. The van der Waals surface area contributed by atoms with Crippen molar-refractivity contribution in [3.05, 3.63) is 36.2 Å². The molecule has 3 aromatic rings. The Morgan fingerprint density at radius 3 is 2.45 bits per heavy atom. The standard InChI is InChI=1S/C21H24N6O2/c1-12-23-26-21(29-12)13-3-6-17(19(28)9-13)18-7-8-20(25-24-18)27(2)16-10-14-4-5-15(11-16)22-14/h3,6-9,14-16,22,28H,4-5,10-11H2,1-2H3/t14-,15?,16?/m0/s1. The number of aryl methyl sites for hydroxylation is 1. The third-order valence-corrected chi connectivity index (χ3v) is 6.05. The molecule has 0 aliphatic carbocycles. The molecule has 2 saturated heterocycles. The number of fused-ring (bicyclic) bond motifs is 2. The van der Waals surface area contributed by atoms with Crippen molar-refractivity contribution in [3.8, 4) is 28.5 Å². The molecule has 2 bridgehead atoms. The number of nitrogens with one attached hydrogen (secondary N) is 1. The van der Waals surface area contributed by atoms with Gasteiger partial charge in [0.15, 0.2) is 5.82 Å². The molecule has 29 heavy (non-hydrogen) atoms. The molecule has 8 nitrogen and oxygen atoms in total. The van der Waals surface area contributed by atoms with Gasteiger partial charge in [0.05, 0.1) is 5.69 Å². The summed E-state index contributed by atoms with van der Waals surface area (Å²) in [5.74, 6) is 1.82. The molecule has 2 aliphatic heterocycles. The van der Waals surface area contributed by atoms with E-state index in [1.165, 1.54) is 12.8 Å². The number of nitrogens with zero attached hydrogens (tertiary/aromatic N) is 5. The monoisotopic (exact) mass is 392 g/mol. The summed E-state index contributed by atoms with van der Waals surface area (Å²) in [6.45, 7) is 1.73. The fourth-order valence-corrected chi connectivity index (χ4v) is 4.48. The molecular weight excluding hydrogens is 368 g/mol. The fourth-order valence-electron chi connectivity index (χ4n) is 4.48. The van der Waals surface area contributed by atoms with Crippen LogP contribution in [0.15, 0.2) is 34.7 Å². The van der Waals surface area contributed by atoms with Gasteiger partial charge in [-0.2, -0.15) is 0 Å². The van der Waals surface area contributed by atoms with E-state index in [0.717, 1.165) is 18.7 Å². The molecule has 2 fully saturated rings. The number of benzene rings is 1. The summed E-state index contributed by atoms with van der Waals surface area (Å²) in [6, 6.07) is 10.9. The van der Waals surface area contributed by atoms with E-state index in [2.05, 4.69) is 37.7 Å². The first-order chi connectivity index (χ1) is 14.1. The number of phenolic OH excluding ortho intramolecular Hbond substituents is 1. The van der Waals surface area contributed by atoms with Crippen molar-refractivity contribution in [2.24, 2.45) is 0 Å². The highest BCUT2D eigenvalue weighted by molar-refractivity contribution is 5.71. The van der Waals surface area contributed by atoms with Gasteiger partial charge < -0.3 is 19.7 Å². The number of piperidine rings is 1. The van der Waals surface area contributed by atoms with E-state index in [1.54, 1.807) is 19.1 Å². The minimum absolute atomic E-state index is 0.101. The second-order valence-electron chi connectivity index (χ2n) is 8.01. The second kappa shape index (κ2) is 7.11. The zero-order valence-electron chi connectivity index (χ0n) is 16.5. The van der Waals surface area contributed by atoms with Crippen molar-refractivity contribution >= 4 is 5.82 Å². The zero-order chi connectivity index (χ0) is 20.0. The number of hydrogen-bond donors (Lipinski definition) is 2. The summed E-state index contributed by atoms with van der Waals surface area (Å²) in [6.07, 6.45) is 4.84. The summed E-state index contributed by atoms with van der Waals surface area (Å²) in [7, 11) is 2.10. The van der Waals surface area contributed by atoms with Gasteiger partial charge in [-0.1, -0.05) is 0 Å². The lowest BCUT2D eigenvalue weighted by atomic mass is 9.98. The predicted octanol–water partition coefficient (Wildman–Crippen LogP) is 2.93. The third kappa shape index (κ3) is 3.44. The number of anilines is 1. The molecule has 0 saturated carbocycles. The number of aromatic nitrogens is 4. The van der Waals surface area contributed by atoms with E-state index in [1.807, 2.05) is 18.2 Å². The first-order valence-electron chi connectivity index (χ1n) is 10.0. The fraction of sp³-hybridized carbons (Fsp3) is 0.429. The Bertz CT molecular complexity index is 1010. The molecule has 4 heterocycles. The predicted molar refractivity (Wildman–Crippen MR) is 109 cm³/mol. The van der Waals surface area contributed by atoms with Crippen LogP contribution in [-0.2, 0) is 0 Å². The van der Waals surface area contributed by atoms with Crippen LogP contribution >= 0.6 is 0 Å². The molecular formula is C21H24N6O2. The number of rotatable bonds is 4. The third-order valence-electron chi connectivity index (χ3n) is 6.05. The molecule has 8 heteroatoms. The van der Waals surface area contributed by atoms with Gasteiger partial charge in [0.1, 0.15) is 5.75 Å². The van der Waals surface area contributed by atoms with Crippen LogP contribution in [0.4, 0.5) is 5.82 Å². The maximum Gasteiger partial charge on any atom is 0.247 e. The Hall–Kier alpha value is -3.00. The van der Waals surface area contributed by atoms with E-state index in [0.29, 0.717) is 46.7 Å². The highest BCUT2D eigenvalue weighted by atomic mass is 16.4. The molecule has 0 amide bonds. The van der Waals surface area contributed by atoms with Gasteiger partial charge in [-0.25, -0.2) is 0 Å². The van der Waals surface area contributed by atoms with Crippen molar-refractivity contribution < 1.29 is 9.52 Å². The number of aromatic hydroxyl groups is 1. The van der Waals surface area contributed by atoms with Crippen LogP contribution in [-0.4, -0.2) is 50.7 Å². The molecule has 2 aromatic heterocycles. The van der Waals surface area contributed by atoms with Gasteiger partial charge in [-0.3, -0.25) is 0 Å². The van der Waals surface area contributed by atoms with Crippen LogP contribution in [0.5, 0.6) is 5.75 Å². The number of hydrogen-bond acceptors (Lipinski definition) is 8. The zero-order valence-corrected chi connectivity index (χ0v) is 16.5. The molecule has 150 valence electrons. The highest BCUT2D eigenvalue weighted by Gasteiger charge is 2.35. The highest BCUT2D eigenvalue weighted by Crippen LogP contribution is 2.33. The minimum atomic E-state index is 0.101. The molecule has 0 spiro atoms. The lowest BCUT2D eigenvalue weighted by Gasteiger charge is -2.36. The summed E-state index contributed by atoms with van der Waals surface area (Å²) >= 11 is 0. The van der Waals surface area contributed by atoms with Crippen molar-refractivity contribution in [1.29, 1.82) is 0 Å². The average molecular weight is 392 g/mol. The van der Waals surface area contributed by atoms with E-state index in [9.17, 15) is 5.11 Å².